The maximum Gasteiger partial charge on any atom is 0.122 e. The average Bonchev–Trinajstić information content (AvgIpc) is 2.18. The Bertz CT molecular complexity index is 400. The standard InChI is InChI=1S/C12H11ClO/c1-4-5-6-10-9(2)12(14-3)8-7-11(10)13/h1,5-8H,2-3H3/b6-5-. The minimum Gasteiger partial charge on any atom is -0.496 e. The van der Waals surface area contributed by atoms with Gasteiger partial charge in [-0.1, -0.05) is 17.5 Å². The first-order valence-electron chi connectivity index (χ1n) is 4.16. The van der Waals surface area contributed by atoms with Gasteiger partial charge in [-0.3, -0.25) is 0 Å². The number of benzene rings is 1. The van der Waals surface area contributed by atoms with Gasteiger partial charge in [0.2, 0.25) is 0 Å². The molecule has 0 saturated heterocycles. The fourth-order valence-electron chi connectivity index (χ4n) is 1.23. The Morgan fingerprint density at radius 2 is 2.21 bits per heavy atom. The fourth-order valence-corrected chi connectivity index (χ4v) is 1.50. The zero-order valence-corrected chi connectivity index (χ0v) is 8.93. The topological polar surface area (TPSA) is 9.23 Å². The van der Waals surface area contributed by atoms with Crippen LogP contribution in [0.4, 0.5) is 0 Å². The summed E-state index contributed by atoms with van der Waals surface area (Å²) in [4.78, 5) is 0. The van der Waals surface area contributed by atoms with Crippen molar-refractivity contribution in [3.8, 4) is 18.1 Å². The second-order valence-corrected chi connectivity index (χ2v) is 3.20. The van der Waals surface area contributed by atoms with Crippen molar-refractivity contribution in [3.05, 3.63) is 34.4 Å². The highest BCUT2D eigenvalue weighted by Crippen LogP contribution is 2.28. The first kappa shape index (κ1) is 10.7. The van der Waals surface area contributed by atoms with E-state index in [1.165, 1.54) is 0 Å². The maximum atomic E-state index is 6.02. The van der Waals surface area contributed by atoms with E-state index in [-0.39, 0.29) is 0 Å². The third-order valence-electron chi connectivity index (χ3n) is 1.98. The normalized spacial score (nSPS) is 10.1. The Labute approximate surface area is 89.3 Å². The molecule has 0 atom stereocenters. The lowest BCUT2D eigenvalue weighted by Crippen LogP contribution is -1.90. The molecule has 0 aliphatic carbocycles. The molecule has 0 spiro atoms. The Hall–Kier alpha value is -1.39. The highest BCUT2D eigenvalue weighted by molar-refractivity contribution is 6.32. The van der Waals surface area contributed by atoms with Crippen molar-refractivity contribution in [2.45, 2.75) is 6.92 Å². The minimum atomic E-state index is 0.676. The van der Waals surface area contributed by atoms with Gasteiger partial charge < -0.3 is 4.74 Å². The molecule has 1 aromatic carbocycles. The number of terminal acetylenes is 1. The summed E-state index contributed by atoms with van der Waals surface area (Å²) >= 11 is 6.02. The second kappa shape index (κ2) is 4.74. The molecule has 14 heavy (non-hydrogen) atoms. The van der Waals surface area contributed by atoms with Gasteiger partial charge in [0, 0.05) is 10.6 Å². The molecule has 0 aromatic heterocycles. The van der Waals surface area contributed by atoms with Crippen LogP contribution in [0.3, 0.4) is 0 Å². The van der Waals surface area contributed by atoms with Crippen molar-refractivity contribution < 1.29 is 4.74 Å². The number of hydrogen-bond acceptors (Lipinski definition) is 1. The molecule has 0 amide bonds. The van der Waals surface area contributed by atoms with Crippen LogP contribution < -0.4 is 4.74 Å². The monoisotopic (exact) mass is 206 g/mol. The van der Waals surface area contributed by atoms with Gasteiger partial charge in [-0.15, -0.1) is 6.42 Å². The minimum absolute atomic E-state index is 0.676. The van der Waals surface area contributed by atoms with Gasteiger partial charge in [-0.25, -0.2) is 0 Å². The van der Waals surface area contributed by atoms with Crippen molar-refractivity contribution in [2.24, 2.45) is 0 Å². The lowest BCUT2D eigenvalue weighted by atomic mass is 10.1. The summed E-state index contributed by atoms with van der Waals surface area (Å²) < 4.78 is 5.18. The molecular formula is C12H11ClO. The molecule has 0 bridgehead atoms. The van der Waals surface area contributed by atoms with Gasteiger partial charge in [0.1, 0.15) is 5.75 Å². The summed E-state index contributed by atoms with van der Waals surface area (Å²) in [5.74, 6) is 3.24. The zero-order valence-electron chi connectivity index (χ0n) is 8.17. The Kier molecular flexibility index (Phi) is 3.62. The van der Waals surface area contributed by atoms with Gasteiger partial charge in [0.15, 0.2) is 0 Å². The summed E-state index contributed by atoms with van der Waals surface area (Å²) in [6, 6.07) is 3.63. The van der Waals surface area contributed by atoms with E-state index in [9.17, 15) is 0 Å². The van der Waals surface area contributed by atoms with Crippen molar-refractivity contribution in [3.63, 3.8) is 0 Å². The maximum absolute atomic E-state index is 6.02. The highest BCUT2D eigenvalue weighted by Gasteiger charge is 2.05. The van der Waals surface area contributed by atoms with E-state index in [1.807, 2.05) is 13.0 Å². The lowest BCUT2D eigenvalue weighted by molar-refractivity contribution is 0.411. The first-order valence-corrected chi connectivity index (χ1v) is 4.54. The molecule has 0 saturated carbocycles. The number of hydrogen-bond donors (Lipinski definition) is 0. The molecule has 2 heteroatoms. The first-order chi connectivity index (χ1) is 6.70. The van der Waals surface area contributed by atoms with E-state index in [1.54, 1.807) is 25.3 Å². The molecule has 0 aliphatic heterocycles. The van der Waals surface area contributed by atoms with Crippen molar-refractivity contribution in [1.82, 2.24) is 0 Å². The van der Waals surface area contributed by atoms with Crippen molar-refractivity contribution in [1.29, 1.82) is 0 Å². The largest absolute Gasteiger partial charge is 0.496 e. The van der Waals surface area contributed by atoms with Crippen LogP contribution in [0.15, 0.2) is 18.2 Å². The highest BCUT2D eigenvalue weighted by atomic mass is 35.5. The van der Waals surface area contributed by atoms with Crippen LogP contribution in [0.1, 0.15) is 11.1 Å². The molecule has 1 aromatic rings. The van der Waals surface area contributed by atoms with E-state index >= 15 is 0 Å². The van der Waals surface area contributed by atoms with Gasteiger partial charge in [0.25, 0.3) is 0 Å². The van der Waals surface area contributed by atoms with E-state index in [0.717, 1.165) is 16.9 Å². The van der Waals surface area contributed by atoms with Crippen molar-refractivity contribution >= 4 is 17.7 Å². The number of rotatable bonds is 2. The van der Waals surface area contributed by atoms with E-state index in [2.05, 4.69) is 5.92 Å². The van der Waals surface area contributed by atoms with E-state index < -0.39 is 0 Å². The van der Waals surface area contributed by atoms with Crippen LogP contribution in [-0.4, -0.2) is 7.11 Å². The van der Waals surface area contributed by atoms with Gasteiger partial charge in [-0.2, -0.15) is 0 Å². The predicted molar refractivity (Wildman–Crippen MR) is 60.6 cm³/mol. The van der Waals surface area contributed by atoms with E-state index in [0.29, 0.717) is 5.02 Å². The Morgan fingerprint density at radius 1 is 1.50 bits per heavy atom. The Balaban J connectivity index is 3.26. The van der Waals surface area contributed by atoms with Crippen LogP contribution >= 0.6 is 11.6 Å². The molecule has 72 valence electrons. The molecule has 0 fully saturated rings. The Morgan fingerprint density at radius 3 is 2.79 bits per heavy atom. The number of halogens is 1. The summed E-state index contributed by atoms with van der Waals surface area (Å²) in [6.45, 7) is 1.95. The van der Waals surface area contributed by atoms with Crippen LogP contribution in [0.25, 0.3) is 6.08 Å². The zero-order chi connectivity index (χ0) is 10.6. The quantitative estimate of drug-likeness (QED) is 0.675. The van der Waals surface area contributed by atoms with Gasteiger partial charge in [-0.05, 0) is 36.8 Å². The van der Waals surface area contributed by atoms with Crippen molar-refractivity contribution in [2.75, 3.05) is 7.11 Å². The molecule has 0 N–H and O–H groups in total. The van der Waals surface area contributed by atoms with Crippen LogP contribution in [0, 0.1) is 19.3 Å². The molecule has 1 nitrogen and oxygen atoms in total. The van der Waals surface area contributed by atoms with Gasteiger partial charge >= 0.3 is 0 Å². The second-order valence-electron chi connectivity index (χ2n) is 2.79. The number of allylic oxidation sites excluding steroid dienone is 1. The summed E-state index contributed by atoms with van der Waals surface area (Å²) in [6.07, 6.45) is 8.56. The molecule has 1 rings (SSSR count). The number of methoxy groups -OCH3 is 1. The molecular weight excluding hydrogens is 196 g/mol. The van der Waals surface area contributed by atoms with Crippen LogP contribution in [-0.2, 0) is 0 Å². The van der Waals surface area contributed by atoms with E-state index in [4.69, 9.17) is 22.8 Å². The molecule has 0 heterocycles. The van der Waals surface area contributed by atoms with Gasteiger partial charge in [0.05, 0.1) is 7.11 Å². The SMILES string of the molecule is C#C/C=C\c1c(Cl)ccc(OC)c1C. The fraction of sp³-hybridized carbons (Fsp3) is 0.167. The van der Waals surface area contributed by atoms with Crippen LogP contribution in [0.2, 0.25) is 5.02 Å². The third-order valence-corrected chi connectivity index (χ3v) is 2.31. The summed E-state index contributed by atoms with van der Waals surface area (Å²) in [7, 11) is 1.63. The molecule has 0 unspecified atom stereocenters. The average molecular weight is 207 g/mol. The lowest BCUT2D eigenvalue weighted by Gasteiger charge is -2.08. The molecule has 0 radical (unpaired) electrons. The number of ether oxygens (including phenoxy) is 1. The summed E-state index contributed by atoms with van der Waals surface area (Å²) in [5.41, 5.74) is 1.90. The molecule has 0 aliphatic rings. The third kappa shape index (κ3) is 2.10. The predicted octanol–water partition coefficient (Wildman–Crippen LogP) is 3.30. The van der Waals surface area contributed by atoms with Crippen LogP contribution in [0.5, 0.6) is 5.75 Å². The smallest absolute Gasteiger partial charge is 0.122 e. The summed E-state index contributed by atoms with van der Waals surface area (Å²) in [5, 5.41) is 0.676.